The number of likely N-dealkylation sites (N-methyl/N-ethyl adjacent to an activating group) is 1. The van der Waals surface area contributed by atoms with Crippen LogP contribution in [-0.2, 0) is 0 Å². The minimum absolute atomic E-state index is 0.750. The Balaban J connectivity index is 1.29. The van der Waals surface area contributed by atoms with Crippen molar-refractivity contribution < 1.29 is 0 Å². The largest absolute Gasteiger partial charge is 0.304 e. The van der Waals surface area contributed by atoms with Gasteiger partial charge < -0.3 is 9.80 Å². The molecule has 23 heavy (non-hydrogen) atoms. The first-order valence-electron chi connectivity index (χ1n) is 10.3. The fraction of sp³-hybridized carbons (Fsp3) is 1.00. The molecule has 1 aliphatic carbocycles. The van der Waals surface area contributed by atoms with Crippen molar-refractivity contribution in [2.24, 2.45) is 11.3 Å². The third-order valence-electron chi connectivity index (χ3n) is 7.35. The van der Waals surface area contributed by atoms with Crippen molar-refractivity contribution >= 4 is 0 Å². The maximum atomic E-state index is 2.98. The van der Waals surface area contributed by atoms with E-state index in [4.69, 9.17) is 0 Å². The summed E-state index contributed by atoms with van der Waals surface area (Å²) in [4.78, 5) is 8.20. The summed E-state index contributed by atoms with van der Waals surface area (Å²) in [6.07, 6.45) is 11.9. The van der Waals surface area contributed by atoms with Crippen molar-refractivity contribution in [3.63, 3.8) is 0 Å². The molecule has 4 fully saturated rings. The molecule has 3 aliphatic heterocycles. The van der Waals surface area contributed by atoms with Gasteiger partial charge in [-0.3, -0.25) is 4.90 Å². The van der Waals surface area contributed by atoms with Gasteiger partial charge in [0.2, 0.25) is 0 Å². The predicted octanol–water partition coefficient (Wildman–Crippen LogP) is 3.06. The summed E-state index contributed by atoms with van der Waals surface area (Å²) in [6.45, 7) is 10.3. The molecule has 132 valence electrons. The summed E-state index contributed by atoms with van der Waals surface area (Å²) in [5, 5.41) is 0. The van der Waals surface area contributed by atoms with Gasteiger partial charge in [0.25, 0.3) is 0 Å². The number of piperidine rings is 1. The lowest BCUT2D eigenvalue weighted by Gasteiger charge is -2.43. The summed E-state index contributed by atoms with van der Waals surface area (Å²) in [6, 6.07) is 1.86. The van der Waals surface area contributed by atoms with Gasteiger partial charge in [0.15, 0.2) is 0 Å². The van der Waals surface area contributed by atoms with Gasteiger partial charge in [0.1, 0.15) is 0 Å². The molecule has 4 aliphatic rings. The lowest BCUT2D eigenvalue weighted by molar-refractivity contribution is 0.0540. The van der Waals surface area contributed by atoms with Gasteiger partial charge in [0, 0.05) is 51.4 Å². The molecular weight excluding hydrogens is 282 g/mol. The Kier molecular flexibility index (Phi) is 4.73. The Labute approximate surface area is 143 Å². The van der Waals surface area contributed by atoms with Crippen LogP contribution in [0.5, 0.6) is 0 Å². The number of piperazine rings is 1. The lowest BCUT2D eigenvalue weighted by Crippen LogP contribution is -2.50. The summed E-state index contributed by atoms with van der Waals surface area (Å²) in [5.41, 5.74) is 0.750. The van der Waals surface area contributed by atoms with Gasteiger partial charge in [-0.05, 0) is 63.3 Å². The summed E-state index contributed by atoms with van der Waals surface area (Å²) in [5.74, 6) is 0.980. The van der Waals surface area contributed by atoms with Gasteiger partial charge in [-0.2, -0.15) is 0 Å². The van der Waals surface area contributed by atoms with Crippen LogP contribution in [0.15, 0.2) is 0 Å². The van der Waals surface area contributed by atoms with Crippen molar-refractivity contribution in [3.8, 4) is 0 Å². The molecule has 0 aromatic rings. The number of rotatable bonds is 6. The minimum Gasteiger partial charge on any atom is -0.304 e. The van der Waals surface area contributed by atoms with Crippen molar-refractivity contribution in [1.29, 1.82) is 0 Å². The summed E-state index contributed by atoms with van der Waals surface area (Å²) in [7, 11) is 2.26. The Morgan fingerprint density at radius 3 is 2.17 bits per heavy atom. The Morgan fingerprint density at radius 2 is 1.61 bits per heavy atom. The van der Waals surface area contributed by atoms with Crippen LogP contribution in [0.25, 0.3) is 0 Å². The van der Waals surface area contributed by atoms with E-state index in [0.717, 1.165) is 23.4 Å². The third-order valence-corrected chi connectivity index (χ3v) is 7.35. The highest BCUT2D eigenvalue weighted by molar-refractivity contribution is 5.02. The molecular formula is C20H37N3. The topological polar surface area (TPSA) is 9.72 Å². The van der Waals surface area contributed by atoms with Gasteiger partial charge in [-0.25, -0.2) is 0 Å². The molecule has 0 aromatic heterocycles. The molecule has 4 rings (SSSR count). The van der Waals surface area contributed by atoms with E-state index < -0.39 is 0 Å². The lowest BCUT2D eigenvalue weighted by atomic mass is 9.88. The quantitative estimate of drug-likeness (QED) is 0.745. The van der Waals surface area contributed by atoms with Gasteiger partial charge >= 0.3 is 0 Å². The van der Waals surface area contributed by atoms with E-state index in [9.17, 15) is 0 Å². The zero-order valence-corrected chi connectivity index (χ0v) is 15.5. The Bertz CT molecular complexity index is 384. The van der Waals surface area contributed by atoms with Crippen molar-refractivity contribution in [3.05, 3.63) is 0 Å². The van der Waals surface area contributed by atoms with Crippen LogP contribution >= 0.6 is 0 Å². The van der Waals surface area contributed by atoms with Gasteiger partial charge in [-0.1, -0.05) is 13.3 Å². The van der Waals surface area contributed by atoms with E-state index >= 15 is 0 Å². The average Bonchev–Trinajstić information content (AvgIpc) is 3.25. The van der Waals surface area contributed by atoms with E-state index in [1.54, 1.807) is 0 Å². The van der Waals surface area contributed by atoms with E-state index in [0.29, 0.717) is 0 Å². The molecule has 0 amide bonds. The van der Waals surface area contributed by atoms with E-state index in [2.05, 4.69) is 28.7 Å². The van der Waals surface area contributed by atoms with Crippen molar-refractivity contribution in [2.45, 2.75) is 70.4 Å². The molecule has 3 atom stereocenters. The average molecular weight is 320 g/mol. The fourth-order valence-corrected chi connectivity index (χ4v) is 5.77. The molecule has 0 spiro atoms. The summed E-state index contributed by atoms with van der Waals surface area (Å²) < 4.78 is 0. The second kappa shape index (κ2) is 6.65. The van der Waals surface area contributed by atoms with Crippen LogP contribution in [0.2, 0.25) is 0 Å². The zero-order valence-electron chi connectivity index (χ0n) is 15.5. The predicted molar refractivity (Wildman–Crippen MR) is 96.8 cm³/mol. The molecule has 3 heterocycles. The highest BCUT2D eigenvalue weighted by atomic mass is 15.3. The fourth-order valence-electron chi connectivity index (χ4n) is 5.77. The zero-order chi connectivity index (χ0) is 15.9. The molecule has 2 bridgehead atoms. The highest BCUT2D eigenvalue weighted by Gasteiger charge is 2.48. The van der Waals surface area contributed by atoms with Crippen LogP contribution in [-0.4, -0.2) is 73.1 Å². The standard InChI is InChI=1S/C20H37N3/c1-3-6-20(7-8-20)16-23-18-4-5-19(23)14-17(13-18)15-22-11-9-21(2)10-12-22/h17-19H,3-16H2,1-2H3/t17?,18-,19+. The first-order chi connectivity index (χ1) is 11.2. The molecule has 0 aromatic carbocycles. The number of hydrogen-bond donors (Lipinski definition) is 0. The molecule has 0 radical (unpaired) electrons. The van der Waals surface area contributed by atoms with Crippen LogP contribution in [0.1, 0.15) is 58.3 Å². The Morgan fingerprint density at radius 1 is 0.957 bits per heavy atom. The third kappa shape index (κ3) is 3.62. The van der Waals surface area contributed by atoms with Crippen molar-refractivity contribution in [2.75, 3.05) is 46.3 Å². The first-order valence-corrected chi connectivity index (χ1v) is 10.3. The monoisotopic (exact) mass is 319 g/mol. The first kappa shape index (κ1) is 16.4. The second-order valence-corrected chi connectivity index (χ2v) is 9.25. The molecule has 1 unspecified atom stereocenters. The highest BCUT2D eigenvalue weighted by Crippen LogP contribution is 2.52. The number of fused-ring (bicyclic) bond motifs is 2. The Hall–Kier alpha value is -0.120. The number of nitrogens with zero attached hydrogens (tertiary/aromatic N) is 3. The maximum absolute atomic E-state index is 2.98. The second-order valence-electron chi connectivity index (χ2n) is 9.25. The number of hydrogen-bond acceptors (Lipinski definition) is 3. The summed E-state index contributed by atoms with van der Waals surface area (Å²) >= 11 is 0. The molecule has 3 heteroatoms. The van der Waals surface area contributed by atoms with Crippen LogP contribution in [0.3, 0.4) is 0 Å². The van der Waals surface area contributed by atoms with E-state index in [1.165, 1.54) is 90.6 Å². The smallest absolute Gasteiger partial charge is 0.0110 e. The molecule has 0 N–H and O–H groups in total. The molecule has 3 nitrogen and oxygen atoms in total. The molecule has 3 saturated heterocycles. The van der Waals surface area contributed by atoms with Crippen molar-refractivity contribution in [1.82, 2.24) is 14.7 Å². The van der Waals surface area contributed by atoms with E-state index in [-0.39, 0.29) is 0 Å². The van der Waals surface area contributed by atoms with Crippen LogP contribution in [0.4, 0.5) is 0 Å². The van der Waals surface area contributed by atoms with Gasteiger partial charge in [-0.15, -0.1) is 0 Å². The van der Waals surface area contributed by atoms with Gasteiger partial charge in [0.05, 0.1) is 0 Å². The van der Waals surface area contributed by atoms with E-state index in [1.807, 2.05) is 0 Å². The van der Waals surface area contributed by atoms with Crippen LogP contribution in [0, 0.1) is 11.3 Å². The minimum atomic E-state index is 0.750. The normalized spacial score (nSPS) is 38.1. The maximum Gasteiger partial charge on any atom is 0.0110 e. The van der Waals surface area contributed by atoms with Crippen LogP contribution < -0.4 is 0 Å². The SMILES string of the molecule is CCCC1(CN2[C@@H]3CC[C@H]2CC(CN2CCN(C)CC2)C3)CC1. The molecule has 1 saturated carbocycles.